The van der Waals surface area contributed by atoms with Gasteiger partial charge in [0, 0.05) is 0 Å². The van der Waals surface area contributed by atoms with Gasteiger partial charge < -0.3 is 0 Å². The predicted molar refractivity (Wildman–Crippen MR) is 54.8 cm³/mol. The molecule has 0 bridgehead atoms. The Morgan fingerprint density at radius 1 is 1.57 bits per heavy atom. The van der Waals surface area contributed by atoms with Crippen molar-refractivity contribution in [2.45, 2.75) is 6.92 Å². The molecule has 6 heteroatoms. The van der Waals surface area contributed by atoms with Crippen LogP contribution in [0.1, 0.15) is 13.7 Å². The summed E-state index contributed by atoms with van der Waals surface area (Å²) in [4.78, 5) is 10.9. The van der Waals surface area contributed by atoms with Crippen LogP contribution in [0.25, 0.3) is 0 Å². The van der Waals surface area contributed by atoms with E-state index in [-0.39, 0.29) is 20.4 Å². The number of primary amides is 1. The number of nitrogens with two attached hydrogens (primary N) is 1. The van der Waals surface area contributed by atoms with Crippen molar-refractivity contribution in [3.63, 3.8) is 0 Å². The minimum absolute atomic E-state index is 0.0203. The van der Waals surface area contributed by atoms with Crippen LogP contribution in [0.2, 0.25) is 0 Å². The maximum absolute atomic E-state index is 10.9. The van der Waals surface area contributed by atoms with E-state index in [1.54, 1.807) is 25.2 Å². The zero-order valence-corrected chi connectivity index (χ0v) is 10.0. The minimum atomic E-state index is -0.362. The average molecular weight is 259 g/mol. The van der Waals surface area contributed by atoms with Crippen LogP contribution in [0.15, 0.2) is 16.4 Å². The summed E-state index contributed by atoms with van der Waals surface area (Å²) in [6.45, 7) is 1.94. The third-order valence-corrected chi connectivity index (χ3v) is 3.68. The first kappa shape index (κ1) is 10.9. The van der Waals surface area contributed by atoms with Crippen LogP contribution in [0.5, 0.6) is 0 Å². The van der Waals surface area contributed by atoms with Crippen LogP contribution < -0.4 is 5.73 Å². The Bertz CT molecular complexity index is 369. The van der Waals surface area contributed by atoms with Gasteiger partial charge in [0.2, 0.25) is 0 Å². The van der Waals surface area contributed by atoms with Gasteiger partial charge in [0.05, 0.1) is 0 Å². The van der Waals surface area contributed by atoms with E-state index in [4.69, 9.17) is 5.73 Å². The quantitative estimate of drug-likeness (QED) is 0.493. The molecule has 14 heavy (non-hydrogen) atoms. The van der Waals surface area contributed by atoms with Crippen LogP contribution in [-0.4, -0.2) is 39.5 Å². The van der Waals surface area contributed by atoms with E-state index in [2.05, 4.69) is 10.3 Å². The predicted octanol–water partition coefficient (Wildman–Crippen LogP) is 0.711. The molecule has 0 aliphatic carbocycles. The molecule has 0 radical (unpaired) electrons. The van der Waals surface area contributed by atoms with E-state index in [1.807, 2.05) is 6.92 Å². The fourth-order valence-corrected chi connectivity index (χ4v) is 2.52. The second-order valence-corrected chi connectivity index (χ2v) is 5.59. The third kappa shape index (κ3) is 2.68. The fourth-order valence-electron chi connectivity index (χ4n) is 0.831. The standard InChI is InChI=1S/C8H12N4OSe/c1-5-6(10-11-12(2)3)4-7(14-5)8(9)13/h4H,1-3H3,(H2,9,13). The Hall–Kier alpha value is -1.13. The van der Waals surface area contributed by atoms with Gasteiger partial charge in [-0.05, 0) is 0 Å². The summed E-state index contributed by atoms with van der Waals surface area (Å²) in [6, 6.07) is 1.71. The van der Waals surface area contributed by atoms with Crippen LogP contribution >= 0.6 is 0 Å². The Balaban J connectivity index is 2.93. The van der Waals surface area contributed by atoms with E-state index in [0.717, 1.165) is 10.1 Å². The fraction of sp³-hybridized carbons (Fsp3) is 0.375. The Kier molecular flexibility index (Phi) is 3.43. The van der Waals surface area contributed by atoms with Crippen LogP contribution in [-0.2, 0) is 0 Å². The second-order valence-electron chi connectivity index (χ2n) is 2.95. The zero-order chi connectivity index (χ0) is 10.7. The van der Waals surface area contributed by atoms with Crippen molar-refractivity contribution in [3.8, 4) is 0 Å². The zero-order valence-electron chi connectivity index (χ0n) is 8.31. The Morgan fingerprint density at radius 3 is 2.64 bits per heavy atom. The molecule has 0 aliphatic rings. The first-order valence-electron chi connectivity index (χ1n) is 4.00. The van der Waals surface area contributed by atoms with Gasteiger partial charge in [-0.25, -0.2) is 0 Å². The molecule has 1 aromatic heterocycles. The number of hydrogen-bond acceptors (Lipinski definition) is 3. The number of carbonyl (C=O) groups is 1. The number of aryl methyl sites for hydroxylation is 1. The Labute approximate surface area is 88.3 Å². The molecule has 5 nitrogen and oxygen atoms in total. The topological polar surface area (TPSA) is 71.0 Å². The summed E-state index contributed by atoms with van der Waals surface area (Å²) in [5, 5.41) is 9.46. The van der Waals surface area contributed by atoms with Gasteiger partial charge >= 0.3 is 87.9 Å². The number of nitrogens with zero attached hydrogens (tertiary/aromatic N) is 3. The van der Waals surface area contributed by atoms with Gasteiger partial charge in [0.15, 0.2) is 0 Å². The van der Waals surface area contributed by atoms with Crippen LogP contribution in [0.4, 0.5) is 5.69 Å². The summed E-state index contributed by atoms with van der Waals surface area (Å²) in [7, 11) is 3.58. The van der Waals surface area contributed by atoms with Crippen molar-refractivity contribution in [1.29, 1.82) is 0 Å². The van der Waals surface area contributed by atoms with E-state index in [9.17, 15) is 4.79 Å². The molecule has 2 N–H and O–H groups in total. The molecule has 0 fully saturated rings. The molecular weight excluding hydrogens is 247 g/mol. The maximum atomic E-state index is 10.9. The molecule has 0 aromatic carbocycles. The molecule has 0 saturated heterocycles. The summed E-state index contributed by atoms with van der Waals surface area (Å²) in [5.41, 5.74) is 5.93. The van der Waals surface area contributed by atoms with Crippen LogP contribution in [0.3, 0.4) is 0 Å². The van der Waals surface area contributed by atoms with Gasteiger partial charge in [-0.3, -0.25) is 0 Å². The number of rotatable bonds is 3. The summed E-state index contributed by atoms with van der Waals surface area (Å²) >= 11 is 0.0203. The van der Waals surface area contributed by atoms with Gasteiger partial charge in [0.1, 0.15) is 0 Å². The molecule has 0 aliphatic heterocycles. The van der Waals surface area contributed by atoms with E-state index < -0.39 is 0 Å². The van der Waals surface area contributed by atoms with Crippen molar-refractivity contribution < 1.29 is 4.79 Å². The van der Waals surface area contributed by atoms with Crippen molar-refractivity contribution in [2.75, 3.05) is 14.1 Å². The molecule has 1 rings (SSSR count). The van der Waals surface area contributed by atoms with Gasteiger partial charge in [-0.1, -0.05) is 0 Å². The number of carbonyl (C=O) groups excluding carboxylic acids is 1. The van der Waals surface area contributed by atoms with Crippen molar-refractivity contribution in [3.05, 3.63) is 14.9 Å². The van der Waals surface area contributed by atoms with Gasteiger partial charge in [-0.2, -0.15) is 0 Å². The Morgan fingerprint density at radius 2 is 2.21 bits per heavy atom. The summed E-state index contributed by atoms with van der Waals surface area (Å²) in [5.74, 6) is -0.362. The molecule has 0 saturated carbocycles. The summed E-state index contributed by atoms with van der Waals surface area (Å²) in [6.07, 6.45) is 0. The van der Waals surface area contributed by atoms with E-state index >= 15 is 0 Å². The molecule has 0 unspecified atom stereocenters. The van der Waals surface area contributed by atoms with Crippen molar-refractivity contribution in [2.24, 2.45) is 16.1 Å². The third-order valence-electron chi connectivity index (χ3n) is 1.47. The monoisotopic (exact) mass is 260 g/mol. The molecular formula is C8H12N4OSe. The average Bonchev–Trinajstić information content (AvgIpc) is 2.43. The molecule has 1 amide bonds. The SMILES string of the molecule is Cc1[se]c(C(N)=O)cc1N=NN(C)C. The van der Waals surface area contributed by atoms with Gasteiger partial charge in [-0.15, -0.1) is 0 Å². The van der Waals surface area contributed by atoms with Crippen LogP contribution in [0, 0.1) is 6.92 Å². The van der Waals surface area contributed by atoms with Gasteiger partial charge in [0.25, 0.3) is 0 Å². The molecule has 1 aromatic rings. The summed E-state index contributed by atoms with van der Waals surface area (Å²) < 4.78 is 1.74. The number of amides is 1. The van der Waals surface area contributed by atoms with Crippen molar-refractivity contribution >= 4 is 26.1 Å². The van der Waals surface area contributed by atoms with Crippen molar-refractivity contribution in [1.82, 2.24) is 5.01 Å². The first-order valence-corrected chi connectivity index (χ1v) is 5.71. The molecule has 0 spiro atoms. The second kappa shape index (κ2) is 4.39. The normalized spacial score (nSPS) is 10.8. The molecule has 1 heterocycles. The molecule has 76 valence electrons. The number of hydrogen-bond donors (Lipinski definition) is 1. The molecule has 0 atom stereocenters. The first-order chi connectivity index (χ1) is 6.50. The van der Waals surface area contributed by atoms with E-state index in [1.165, 1.54) is 0 Å². The van der Waals surface area contributed by atoms with E-state index in [0.29, 0.717) is 4.44 Å².